The smallest absolute Gasteiger partial charge is 0.0789 e. The van der Waals surface area contributed by atoms with Gasteiger partial charge in [0.2, 0.25) is 0 Å². The summed E-state index contributed by atoms with van der Waals surface area (Å²) in [6.07, 6.45) is 12.1. The summed E-state index contributed by atoms with van der Waals surface area (Å²) in [5.74, 6) is 0.500. The van der Waals surface area contributed by atoms with Gasteiger partial charge in [-0.2, -0.15) is 0 Å². The Morgan fingerprint density at radius 2 is 2.00 bits per heavy atom. The zero-order chi connectivity index (χ0) is 21.4. The van der Waals surface area contributed by atoms with Gasteiger partial charge < -0.3 is 10.2 Å². The van der Waals surface area contributed by atoms with Gasteiger partial charge in [0.05, 0.1) is 11.7 Å². The summed E-state index contributed by atoms with van der Waals surface area (Å²) in [5.41, 5.74) is 5.51. The van der Waals surface area contributed by atoms with Gasteiger partial charge in [0.15, 0.2) is 0 Å². The van der Waals surface area contributed by atoms with E-state index in [9.17, 15) is 10.2 Å². The van der Waals surface area contributed by atoms with Crippen LogP contribution in [0, 0.1) is 5.92 Å². The monoisotopic (exact) mass is 396 g/mol. The zero-order valence-electron chi connectivity index (χ0n) is 18.9. The summed E-state index contributed by atoms with van der Waals surface area (Å²) in [7, 11) is 0. The van der Waals surface area contributed by atoms with Crippen LogP contribution >= 0.6 is 0 Å². The SMILES string of the molecule is C=C1/C(=C\C=C(/CC)c2cccc(CCCCCC(C)(C)O)c2)C[C@@H](C)C[C@@H]1O. The Kier molecular flexibility index (Phi) is 8.92. The van der Waals surface area contributed by atoms with Crippen LogP contribution in [-0.4, -0.2) is 21.9 Å². The lowest BCUT2D eigenvalue weighted by atomic mass is 9.81. The molecule has 0 spiro atoms. The maximum Gasteiger partial charge on any atom is 0.0789 e. The second-order valence-corrected chi connectivity index (χ2v) is 9.40. The van der Waals surface area contributed by atoms with Crippen molar-refractivity contribution in [2.75, 3.05) is 0 Å². The van der Waals surface area contributed by atoms with E-state index in [1.807, 2.05) is 13.8 Å². The first-order chi connectivity index (χ1) is 13.7. The Balaban J connectivity index is 2.02. The molecule has 0 saturated heterocycles. The van der Waals surface area contributed by atoms with Crippen molar-refractivity contribution in [3.8, 4) is 0 Å². The van der Waals surface area contributed by atoms with Crippen molar-refractivity contribution in [1.29, 1.82) is 0 Å². The fourth-order valence-corrected chi connectivity index (χ4v) is 4.11. The lowest BCUT2D eigenvalue weighted by Crippen LogP contribution is -2.21. The van der Waals surface area contributed by atoms with Gasteiger partial charge in [0.1, 0.15) is 0 Å². The summed E-state index contributed by atoms with van der Waals surface area (Å²) in [6, 6.07) is 8.88. The van der Waals surface area contributed by atoms with Gasteiger partial charge in [-0.05, 0) is 86.1 Å². The Bertz CT molecular complexity index is 733. The van der Waals surface area contributed by atoms with Crippen LogP contribution < -0.4 is 0 Å². The van der Waals surface area contributed by atoms with Crippen molar-refractivity contribution < 1.29 is 10.2 Å². The molecule has 2 rings (SSSR count). The van der Waals surface area contributed by atoms with E-state index in [1.165, 1.54) is 22.3 Å². The van der Waals surface area contributed by atoms with Gasteiger partial charge in [-0.3, -0.25) is 0 Å². The second kappa shape index (κ2) is 10.9. The number of rotatable bonds is 9. The first kappa shape index (κ1) is 23.6. The highest BCUT2D eigenvalue weighted by Gasteiger charge is 2.23. The number of aryl methyl sites for hydroxylation is 1. The van der Waals surface area contributed by atoms with Crippen molar-refractivity contribution in [2.24, 2.45) is 5.92 Å². The van der Waals surface area contributed by atoms with Crippen molar-refractivity contribution in [2.45, 2.75) is 90.8 Å². The first-order valence-corrected chi connectivity index (χ1v) is 11.3. The van der Waals surface area contributed by atoms with E-state index < -0.39 is 11.7 Å². The molecule has 0 aliphatic heterocycles. The molecule has 0 amide bonds. The third kappa shape index (κ3) is 7.95. The van der Waals surface area contributed by atoms with Gasteiger partial charge in [0.25, 0.3) is 0 Å². The largest absolute Gasteiger partial charge is 0.390 e. The summed E-state index contributed by atoms with van der Waals surface area (Å²) >= 11 is 0. The molecule has 1 aliphatic rings. The molecule has 2 heteroatoms. The molecule has 2 atom stereocenters. The van der Waals surface area contributed by atoms with Gasteiger partial charge >= 0.3 is 0 Å². The number of aliphatic hydroxyl groups excluding tert-OH is 1. The number of benzene rings is 1. The highest BCUT2D eigenvalue weighted by molar-refractivity contribution is 5.67. The molecule has 0 aromatic heterocycles. The second-order valence-electron chi connectivity index (χ2n) is 9.40. The topological polar surface area (TPSA) is 40.5 Å². The first-order valence-electron chi connectivity index (χ1n) is 11.3. The van der Waals surface area contributed by atoms with E-state index in [0.29, 0.717) is 5.92 Å². The third-order valence-electron chi connectivity index (χ3n) is 5.93. The molecule has 0 radical (unpaired) electrons. The normalized spacial score (nSPS) is 22.3. The van der Waals surface area contributed by atoms with E-state index in [2.05, 4.69) is 56.8 Å². The number of hydrogen-bond donors (Lipinski definition) is 2. The fraction of sp³-hybridized carbons (Fsp3) is 0.556. The molecule has 160 valence electrons. The van der Waals surface area contributed by atoms with E-state index in [0.717, 1.165) is 56.9 Å². The van der Waals surface area contributed by atoms with Crippen LogP contribution in [0.15, 0.2) is 54.1 Å². The standard InChI is InChI=1S/C27H40O2/c1-6-23(14-15-24-17-20(2)18-26(28)21(24)3)25-13-10-12-22(19-25)11-8-7-9-16-27(4,5)29/h10,12-15,19-20,26,28-29H,3,6-9,11,16-18H2,1-2,4-5H3/b23-14+,24-15-/t20-,26+/m1/s1. The van der Waals surface area contributed by atoms with Gasteiger partial charge in [-0.1, -0.05) is 69.7 Å². The van der Waals surface area contributed by atoms with Crippen LogP contribution in [0.2, 0.25) is 0 Å². The highest BCUT2D eigenvalue weighted by atomic mass is 16.3. The van der Waals surface area contributed by atoms with Crippen LogP contribution in [-0.2, 0) is 6.42 Å². The Morgan fingerprint density at radius 1 is 1.24 bits per heavy atom. The zero-order valence-corrected chi connectivity index (χ0v) is 18.9. The predicted molar refractivity (Wildman–Crippen MR) is 125 cm³/mol. The number of aliphatic hydroxyl groups is 2. The quantitative estimate of drug-likeness (QED) is 0.460. The predicted octanol–water partition coefficient (Wildman–Crippen LogP) is 6.63. The van der Waals surface area contributed by atoms with Crippen LogP contribution in [0.25, 0.3) is 5.57 Å². The average Bonchev–Trinajstić information content (AvgIpc) is 2.65. The Labute approximate surface area is 178 Å². The Morgan fingerprint density at radius 3 is 2.69 bits per heavy atom. The molecule has 0 bridgehead atoms. The molecule has 2 nitrogen and oxygen atoms in total. The molecule has 29 heavy (non-hydrogen) atoms. The molecule has 0 heterocycles. The molecule has 1 saturated carbocycles. The molecule has 0 unspecified atom stereocenters. The van der Waals surface area contributed by atoms with Crippen molar-refractivity contribution in [1.82, 2.24) is 0 Å². The molecule has 1 aromatic rings. The van der Waals surface area contributed by atoms with Crippen LogP contribution in [0.1, 0.15) is 83.8 Å². The summed E-state index contributed by atoms with van der Waals surface area (Å²) in [6.45, 7) is 12.3. The Hall–Kier alpha value is -1.64. The maximum absolute atomic E-state index is 10.2. The minimum Gasteiger partial charge on any atom is -0.390 e. The summed E-state index contributed by atoms with van der Waals surface area (Å²) < 4.78 is 0. The van der Waals surface area contributed by atoms with E-state index in [-0.39, 0.29) is 0 Å². The number of hydrogen-bond acceptors (Lipinski definition) is 2. The molecular formula is C27H40O2. The minimum atomic E-state index is -0.549. The average molecular weight is 397 g/mol. The van der Waals surface area contributed by atoms with Gasteiger partial charge in [0, 0.05) is 0 Å². The van der Waals surface area contributed by atoms with Crippen LogP contribution in [0.5, 0.6) is 0 Å². The number of unbranched alkanes of at least 4 members (excludes halogenated alkanes) is 2. The van der Waals surface area contributed by atoms with Crippen LogP contribution in [0.3, 0.4) is 0 Å². The molecule has 1 fully saturated rings. The molecule has 1 aromatic carbocycles. The van der Waals surface area contributed by atoms with E-state index in [4.69, 9.17) is 0 Å². The molecule has 2 N–H and O–H groups in total. The van der Waals surface area contributed by atoms with E-state index >= 15 is 0 Å². The minimum absolute atomic E-state index is 0.400. The highest BCUT2D eigenvalue weighted by Crippen LogP contribution is 2.32. The summed E-state index contributed by atoms with van der Waals surface area (Å²) in [4.78, 5) is 0. The van der Waals surface area contributed by atoms with Gasteiger partial charge in [-0.15, -0.1) is 0 Å². The molecule has 1 aliphatic carbocycles. The molecular weight excluding hydrogens is 356 g/mol. The number of allylic oxidation sites excluding steroid dienone is 3. The third-order valence-corrected chi connectivity index (χ3v) is 5.93. The van der Waals surface area contributed by atoms with Crippen molar-refractivity contribution in [3.05, 3.63) is 65.3 Å². The van der Waals surface area contributed by atoms with Crippen molar-refractivity contribution in [3.63, 3.8) is 0 Å². The fourth-order valence-electron chi connectivity index (χ4n) is 4.11. The van der Waals surface area contributed by atoms with Gasteiger partial charge in [-0.25, -0.2) is 0 Å². The lowest BCUT2D eigenvalue weighted by molar-refractivity contribution is 0.0681. The lowest BCUT2D eigenvalue weighted by Gasteiger charge is -2.27. The van der Waals surface area contributed by atoms with Crippen molar-refractivity contribution >= 4 is 5.57 Å². The van der Waals surface area contributed by atoms with E-state index in [1.54, 1.807) is 0 Å². The van der Waals surface area contributed by atoms with Crippen LogP contribution in [0.4, 0.5) is 0 Å². The maximum atomic E-state index is 10.2. The summed E-state index contributed by atoms with van der Waals surface area (Å²) in [5, 5.41) is 20.0.